The van der Waals surface area contributed by atoms with Gasteiger partial charge in [0.1, 0.15) is 0 Å². The smallest absolute Gasteiger partial charge is 0.0599 e. The van der Waals surface area contributed by atoms with E-state index in [0.717, 1.165) is 21.9 Å². The number of benzene rings is 2. The monoisotopic (exact) mass is 253 g/mol. The van der Waals surface area contributed by atoms with Gasteiger partial charge in [-0.3, -0.25) is 0 Å². The lowest BCUT2D eigenvalue weighted by Crippen LogP contribution is -1.89. The average molecular weight is 253 g/mol. The third-order valence-corrected chi connectivity index (χ3v) is 3.43. The maximum atomic E-state index is 5.91. The molecule has 0 unspecified atom stereocenters. The van der Waals surface area contributed by atoms with Crippen LogP contribution in [-0.4, -0.2) is 5.75 Å². The number of hydrogen-bond acceptors (Lipinski definition) is 2. The highest BCUT2D eigenvalue weighted by Crippen LogP contribution is 2.25. The van der Waals surface area contributed by atoms with Crippen LogP contribution in [-0.2, 0) is 0 Å². The topological polar surface area (TPSA) is 26.0 Å². The standard InChI is InChI=1S/C16H15NS/c1-13-9-10-15(17)16(12-13)18-11-5-8-14-6-3-2-4-7-14/h2-4,6-7,9-10,12H,11,17H2,1H3. The lowest BCUT2D eigenvalue weighted by Gasteiger charge is -2.03. The molecule has 0 atom stereocenters. The molecule has 0 radical (unpaired) electrons. The summed E-state index contributed by atoms with van der Waals surface area (Å²) in [7, 11) is 0. The summed E-state index contributed by atoms with van der Waals surface area (Å²) in [5, 5.41) is 0. The molecule has 0 aliphatic heterocycles. The van der Waals surface area contributed by atoms with Gasteiger partial charge in [0.25, 0.3) is 0 Å². The Morgan fingerprint density at radius 3 is 2.67 bits per heavy atom. The Labute approximate surface area is 112 Å². The molecule has 2 N–H and O–H groups in total. The minimum atomic E-state index is 0.753. The molecule has 2 heteroatoms. The molecular formula is C16H15NS. The molecule has 2 aromatic rings. The zero-order chi connectivity index (χ0) is 12.8. The Hall–Kier alpha value is -1.85. The predicted molar refractivity (Wildman–Crippen MR) is 79.6 cm³/mol. The second-order valence-corrected chi connectivity index (χ2v) is 5.01. The maximum absolute atomic E-state index is 5.91. The summed E-state index contributed by atoms with van der Waals surface area (Å²) in [6, 6.07) is 16.1. The van der Waals surface area contributed by atoms with Crippen molar-refractivity contribution in [2.75, 3.05) is 11.5 Å². The zero-order valence-electron chi connectivity index (χ0n) is 10.3. The van der Waals surface area contributed by atoms with Gasteiger partial charge in [-0.2, -0.15) is 0 Å². The summed E-state index contributed by atoms with van der Waals surface area (Å²) in [6.45, 7) is 2.07. The Kier molecular flexibility index (Phi) is 4.33. The molecule has 0 aliphatic rings. The van der Waals surface area contributed by atoms with Gasteiger partial charge in [-0.1, -0.05) is 36.1 Å². The molecule has 0 spiro atoms. The molecule has 90 valence electrons. The van der Waals surface area contributed by atoms with Crippen molar-refractivity contribution in [1.29, 1.82) is 0 Å². The van der Waals surface area contributed by atoms with Crippen molar-refractivity contribution in [1.82, 2.24) is 0 Å². The van der Waals surface area contributed by atoms with E-state index in [1.807, 2.05) is 42.5 Å². The molecule has 0 saturated carbocycles. The van der Waals surface area contributed by atoms with Gasteiger partial charge in [-0.05, 0) is 36.8 Å². The first-order valence-electron chi connectivity index (χ1n) is 5.78. The van der Waals surface area contributed by atoms with Crippen molar-refractivity contribution < 1.29 is 0 Å². The quantitative estimate of drug-likeness (QED) is 0.501. The van der Waals surface area contributed by atoms with E-state index in [9.17, 15) is 0 Å². The molecular weight excluding hydrogens is 238 g/mol. The van der Waals surface area contributed by atoms with Gasteiger partial charge < -0.3 is 5.73 Å². The van der Waals surface area contributed by atoms with Crippen molar-refractivity contribution in [2.24, 2.45) is 0 Å². The number of nitrogen functional groups attached to an aromatic ring is 1. The number of aryl methyl sites for hydroxylation is 1. The number of nitrogens with two attached hydrogens (primary N) is 1. The highest BCUT2D eigenvalue weighted by molar-refractivity contribution is 7.99. The first-order valence-corrected chi connectivity index (χ1v) is 6.77. The van der Waals surface area contributed by atoms with E-state index < -0.39 is 0 Å². The molecule has 0 heterocycles. The minimum Gasteiger partial charge on any atom is -0.398 e. The summed E-state index contributed by atoms with van der Waals surface area (Å²) in [6.07, 6.45) is 0. The predicted octanol–water partition coefficient (Wildman–Crippen LogP) is 3.72. The van der Waals surface area contributed by atoms with E-state index in [4.69, 9.17) is 5.73 Å². The Morgan fingerprint density at radius 2 is 1.89 bits per heavy atom. The van der Waals surface area contributed by atoms with Gasteiger partial charge in [0.05, 0.1) is 5.75 Å². The molecule has 0 aromatic heterocycles. The van der Waals surface area contributed by atoms with Gasteiger partial charge in [-0.15, -0.1) is 11.8 Å². The van der Waals surface area contributed by atoms with Crippen molar-refractivity contribution in [3.05, 3.63) is 59.7 Å². The number of rotatable bonds is 2. The number of anilines is 1. The molecule has 0 fully saturated rings. The fourth-order valence-corrected chi connectivity index (χ4v) is 2.34. The molecule has 0 saturated heterocycles. The van der Waals surface area contributed by atoms with Crippen LogP contribution < -0.4 is 5.73 Å². The van der Waals surface area contributed by atoms with E-state index in [2.05, 4.69) is 24.8 Å². The van der Waals surface area contributed by atoms with Crippen molar-refractivity contribution in [3.63, 3.8) is 0 Å². The average Bonchev–Trinajstić information content (AvgIpc) is 2.40. The van der Waals surface area contributed by atoms with Crippen LogP contribution in [0.5, 0.6) is 0 Å². The van der Waals surface area contributed by atoms with E-state index >= 15 is 0 Å². The van der Waals surface area contributed by atoms with Gasteiger partial charge in [0.2, 0.25) is 0 Å². The normalized spacial score (nSPS) is 9.61. The van der Waals surface area contributed by atoms with Crippen LogP contribution in [0.1, 0.15) is 11.1 Å². The fourth-order valence-electron chi connectivity index (χ4n) is 1.54. The lowest BCUT2D eigenvalue weighted by molar-refractivity contribution is 1.37. The van der Waals surface area contributed by atoms with Gasteiger partial charge >= 0.3 is 0 Å². The van der Waals surface area contributed by atoms with Gasteiger partial charge in [-0.25, -0.2) is 0 Å². The molecule has 18 heavy (non-hydrogen) atoms. The maximum Gasteiger partial charge on any atom is 0.0599 e. The van der Waals surface area contributed by atoms with E-state index in [0.29, 0.717) is 0 Å². The van der Waals surface area contributed by atoms with Crippen LogP contribution in [0.15, 0.2) is 53.4 Å². The summed E-state index contributed by atoms with van der Waals surface area (Å²) in [5.41, 5.74) is 9.02. The largest absolute Gasteiger partial charge is 0.398 e. The van der Waals surface area contributed by atoms with Gasteiger partial charge in [0.15, 0.2) is 0 Å². The molecule has 1 nitrogen and oxygen atoms in total. The molecule has 2 rings (SSSR count). The summed E-state index contributed by atoms with van der Waals surface area (Å²) in [5.74, 6) is 7.04. The summed E-state index contributed by atoms with van der Waals surface area (Å²) in [4.78, 5) is 1.11. The van der Waals surface area contributed by atoms with Crippen LogP contribution in [0.2, 0.25) is 0 Å². The van der Waals surface area contributed by atoms with E-state index in [1.54, 1.807) is 11.8 Å². The van der Waals surface area contributed by atoms with Crippen LogP contribution in [0.4, 0.5) is 5.69 Å². The molecule has 0 amide bonds. The van der Waals surface area contributed by atoms with Crippen LogP contribution >= 0.6 is 11.8 Å². The van der Waals surface area contributed by atoms with Crippen LogP contribution in [0.25, 0.3) is 0 Å². The van der Waals surface area contributed by atoms with Crippen LogP contribution in [0.3, 0.4) is 0 Å². The Balaban J connectivity index is 1.97. The van der Waals surface area contributed by atoms with Crippen molar-refractivity contribution in [2.45, 2.75) is 11.8 Å². The highest BCUT2D eigenvalue weighted by atomic mass is 32.2. The Bertz CT molecular complexity index is 579. The van der Waals surface area contributed by atoms with Crippen molar-refractivity contribution in [3.8, 4) is 11.8 Å². The SMILES string of the molecule is Cc1ccc(N)c(SCC#Cc2ccccc2)c1. The second kappa shape index (κ2) is 6.18. The lowest BCUT2D eigenvalue weighted by atomic mass is 10.2. The second-order valence-electron chi connectivity index (χ2n) is 4.00. The minimum absolute atomic E-state index is 0.753. The molecule has 0 bridgehead atoms. The third kappa shape index (κ3) is 3.58. The molecule has 0 aliphatic carbocycles. The van der Waals surface area contributed by atoms with Gasteiger partial charge in [0, 0.05) is 16.1 Å². The number of hydrogen-bond donors (Lipinski definition) is 1. The van der Waals surface area contributed by atoms with E-state index in [1.165, 1.54) is 5.56 Å². The third-order valence-electron chi connectivity index (χ3n) is 2.48. The summed E-state index contributed by atoms with van der Waals surface area (Å²) >= 11 is 1.68. The number of thioether (sulfide) groups is 1. The molecule has 2 aromatic carbocycles. The summed E-state index contributed by atoms with van der Waals surface area (Å²) < 4.78 is 0. The fraction of sp³-hybridized carbons (Fsp3) is 0.125. The van der Waals surface area contributed by atoms with Crippen LogP contribution in [0, 0.1) is 18.8 Å². The van der Waals surface area contributed by atoms with Crippen molar-refractivity contribution >= 4 is 17.4 Å². The highest BCUT2D eigenvalue weighted by Gasteiger charge is 1.98. The van der Waals surface area contributed by atoms with E-state index in [-0.39, 0.29) is 0 Å². The zero-order valence-corrected chi connectivity index (χ0v) is 11.1. The first kappa shape index (κ1) is 12.6. The first-order chi connectivity index (χ1) is 8.75. The Morgan fingerprint density at radius 1 is 1.11 bits per heavy atom.